The Morgan fingerprint density at radius 3 is 2.04 bits per heavy atom. The number of hydrogen-bond acceptors (Lipinski definition) is 3. The van der Waals surface area contributed by atoms with Gasteiger partial charge in [0.05, 0.1) is 4.90 Å². The molecule has 2 aromatic rings. The number of para-hydroxylation sites is 1. The molecule has 0 bridgehead atoms. The van der Waals surface area contributed by atoms with Gasteiger partial charge in [0, 0.05) is 31.7 Å². The molecule has 6 heteroatoms. The van der Waals surface area contributed by atoms with Crippen LogP contribution in [0.4, 0.5) is 5.69 Å². The molecule has 25 heavy (non-hydrogen) atoms. The van der Waals surface area contributed by atoms with E-state index < -0.39 is 10.0 Å². The SMILES string of the molecule is CN(C(=O)C1CCN(S(=O)(=O)c2ccccc2)CC1)c1ccccc1. The third-order valence-electron chi connectivity index (χ3n) is 4.66. The highest BCUT2D eigenvalue weighted by molar-refractivity contribution is 7.89. The maximum atomic E-state index is 12.7. The van der Waals surface area contributed by atoms with Crippen molar-refractivity contribution in [3.8, 4) is 0 Å². The molecule has 0 N–H and O–H groups in total. The van der Waals surface area contributed by atoms with Crippen molar-refractivity contribution in [3.05, 3.63) is 60.7 Å². The second-order valence-corrected chi connectivity index (χ2v) is 8.16. The number of benzene rings is 2. The van der Waals surface area contributed by atoms with Gasteiger partial charge in [0.2, 0.25) is 15.9 Å². The van der Waals surface area contributed by atoms with Crippen LogP contribution in [0, 0.1) is 5.92 Å². The third kappa shape index (κ3) is 3.75. The lowest BCUT2D eigenvalue weighted by atomic mass is 9.96. The third-order valence-corrected chi connectivity index (χ3v) is 6.57. The second-order valence-electron chi connectivity index (χ2n) is 6.22. The summed E-state index contributed by atoms with van der Waals surface area (Å²) in [6.07, 6.45) is 1.09. The van der Waals surface area contributed by atoms with Crippen molar-refractivity contribution in [1.29, 1.82) is 0 Å². The van der Waals surface area contributed by atoms with Gasteiger partial charge in [-0.1, -0.05) is 36.4 Å². The molecule has 0 spiro atoms. The van der Waals surface area contributed by atoms with Crippen LogP contribution in [0.2, 0.25) is 0 Å². The Morgan fingerprint density at radius 2 is 1.48 bits per heavy atom. The summed E-state index contributed by atoms with van der Waals surface area (Å²) >= 11 is 0. The van der Waals surface area contributed by atoms with E-state index in [1.54, 1.807) is 42.3 Å². The molecular weight excluding hydrogens is 336 g/mol. The molecular formula is C19H22N2O3S. The number of anilines is 1. The van der Waals surface area contributed by atoms with E-state index in [0.717, 1.165) is 5.69 Å². The fraction of sp³-hybridized carbons (Fsp3) is 0.316. The largest absolute Gasteiger partial charge is 0.315 e. The molecule has 0 atom stereocenters. The van der Waals surface area contributed by atoms with Crippen LogP contribution in [0.15, 0.2) is 65.6 Å². The molecule has 132 valence electrons. The van der Waals surface area contributed by atoms with Crippen molar-refractivity contribution in [1.82, 2.24) is 4.31 Å². The first-order valence-corrected chi connectivity index (χ1v) is 9.82. The first-order chi connectivity index (χ1) is 12.0. The van der Waals surface area contributed by atoms with Gasteiger partial charge in [0.15, 0.2) is 0 Å². The van der Waals surface area contributed by atoms with Crippen molar-refractivity contribution in [3.63, 3.8) is 0 Å². The monoisotopic (exact) mass is 358 g/mol. The van der Waals surface area contributed by atoms with Gasteiger partial charge in [-0.25, -0.2) is 8.42 Å². The van der Waals surface area contributed by atoms with Gasteiger partial charge in [-0.05, 0) is 37.1 Å². The number of carbonyl (C=O) groups excluding carboxylic acids is 1. The molecule has 1 saturated heterocycles. The van der Waals surface area contributed by atoms with E-state index in [4.69, 9.17) is 0 Å². The van der Waals surface area contributed by atoms with Gasteiger partial charge in [0.1, 0.15) is 0 Å². The van der Waals surface area contributed by atoms with E-state index in [1.165, 1.54) is 4.31 Å². The van der Waals surface area contributed by atoms with E-state index in [1.807, 2.05) is 30.3 Å². The van der Waals surface area contributed by atoms with Crippen molar-refractivity contribution in [2.24, 2.45) is 5.92 Å². The van der Waals surface area contributed by atoms with Gasteiger partial charge in [-0.15, -0.1) is 0 Å². The predicted molar refractivity (Wildman–Crippen MR) is 97.8 cm³/mol. The van der Waals surface area contributed by atoms with Crippen LogP contribution in [0.3, 0.4) is 0 Å². The summed E-state index contributed by atoms with van der Waals surface area (Å²) in [7, 11) is -1.71. The van der Waals surface area contributed by atoms with E-state index in [2.05, 4.69) is 0 Å². The lowest BCUT2D eigenvalue weighted by molar-refractivity contribution is -0.123. The molecule has 1 fully saturated rings. The van der Waals surface area contributed by atoms with Gasteiger partial charge in [0.25, 0.3) is 0 Å². The number of nitrogens with zero attached hydrogens (tertiary/aromatic N) is 2. The molecule has 5 nitrogen and oxygen atoms in total. The Hall–Kier alpha value is -2.18. The van der Waals surface area contributed by atoms with E-state index >= 15 is 0 Å². The fourth-order valence-electron chi connectivity index (χ4n) is 3.14. The minimum atomic E-state index is -3.48. The lowest BCUT2D eigenvalue weighted by Crippen LogP contribution is -2.43. The maximum Gasteiger partial charge on any atom is 0.243 e. The van der Waals surface area contributed by atoms with Crippen LogP contribution in [-0.2, 0) is 14.8 Å². The maximum absolute atomic E-state index is 12.7. The summed E-state index contributed by atoms with van der Waals surface area (Å²) in [6.45, 7) is 0.743. The molecule has 0 aromatic heterocycles. The molecule has 0 aliphatic carbocycles. The number of rotatable bonds is 4. The first kappa shape index (κ1) is 17.6. The van der Waals surface area contributed by atoms with Gasteiger partial charge < -0.3 is 4.90 Å². The zero-order chi connectivity index (χ0) is 17.9. The molecule has 1 aliphatic rings. The number of sulfonamides is 1. The van der Waals surface area contributed by atoms with Crippen molar-refractivity contribution < 1.29 is 13.2 Å². The van der Waals surface area contributed by atoms with Crippen LogP contribution in [0.25, 0.3) is 0 Å². The normalized spacial score (nSPS) is 16.5. The molecule has 0 radical (unpaired) electrons. The summed E-state index contributed by atoms with van der Waals surface area (Å²) in [5.74, 6) is -0.101. The van der Waals surface area contributed by atoms with Crippen LogP contribution in [-0.4, -0.2) is 38.8 Å². The Kier molecular flexibility index (Phi) is 5.20. The molecule has 1 heterocycles. The van der Waals surface area contributed by atoms with Gasteiger partial charge >= 0.3 is 0 Å². The van der Waals surface area contributed by atoms with Crippen molar-refractivity contribution >= 4 is 21.6 Å². The highest BCUT2D eigenvalue weighted by Crippen LogP contribution is 2.26. The topological polar surface area (TPSA) is 57.7 Å². The fourth-order valence-corrected chi connectivity index (χ4v) is 4.63. The Morgan fingerprint density at radius 1 is 0.960 bits per heavy atom. The molecule has 2 aromatic carbocycles. The number of amides is 1. The zero-order valence-corrected chi connectivity index (χ0v) is 15.0. The highest BCUT2D eigenvalue weighted by Gasteiger charge is 2.33. The van der Waals surface area contributed by atoms with Gasteiger partial charge in [-0.2, -0.15) is 4.31 Å². The average Bonchev–Trinajstić information content (AvgIpc) is 2.68. The Labute approximate surface area is 148 Å². The van der Waals surface area contributed by atoms with Crippen molar-refractivity contribution in [2.45, 2.75) is 17.7 Å². The predicted octanol–water partition coefficient (Wildman–Crippen LogP) is 2.75. The van der Waals surface area contributed by atoms with Crippen LogP contribution < -0.4 is 4.90 Å². The number of hydrogen-bond donors (Lipinski definition) is 0. The van der Waals surface area contributed by atoms with E-state index in [0.29, 0.717) is 30.8 Å². The first-order valence-electron chi connectivity index (χ1n) is 8.38. The van der Waals surface area contributed by atoms with Crippen LogP contribution >= 0.6 is 0 Å². The van der Waals surface area contributed by atoms with Crippen molar-refractivity contribution in [2.75, 3.05) is 25.0 Å². The Bertz CT molecular complexity index is 814. The molecule has 0 unspecified atom stereocenters. The number of piperidine rings is 1. The second kappa shape index (κ2) is 7.37. The van der Waals surface area contributed by atoms with Crippen LogP contribution in [0.5, 0.6) is 0 Å². The van der Waals surface area contributed by atoms with E-state index in [9.17, 15) is 13.2 Å². The summed E-state index contributed by atoms with van der Waals surface area (Å²) in [5.41, 5.74) is 0.854. The zero-order valence-electron chi connectivity index (χ0n) is 14.2. The molecule has 1 amide bonds. The minimum Gasteiger partial charge on any atom is -0.315 e. The summed E-state index contributed by atoms with van der Waals surface area (Å²) < 4.78 is 26.8. The summed E-state index contributed by atoms with van der Waals surface area (Å²) in [4.78, 5) is 14.6. The van der Waals surface area contributed by atoms with Gasteiger partial charge in [-0.3, -0.25) is 4.79 Å². The average molecular weight is 358 g/mol. The molecule has 3 rings (SSSR count). The minimum absolute atomic E-state index is 0.0444. The lowest BCUT2D eigenvalue weighted by Gasteiger charge is -2.32. The summed E-state index contributed by atoms with van der Waals surface area (Å²) in [6, 6.07) is 17.9. The smallest absolute Gasteiger partial charge is 0.243 e. The Balaban J connectivity index is 1.65. The quantitative estimate of drug-likeness (QED) is 0.844. The standard InChI is InChI=1S/C19H22N2O3S/c1-20(17-8-4-2-5-9-17)19(22)16-12-14-21(15-13-16)25(23,24)18-10-6-3-7-11-18/h2-11,16H,12-15H2,1H3. The summed E-state index contributed by atoms with van der Waals surface area (Å²) in [5, 5.41) is 0. The highest BCUT2D eigenvalue weighted by atomic mass is 32.2. The molecule has 1 aliphatic heterocycles. The molecule has 0 saturated carbocycles. The van der Waals surface area contributed by atoms with Crippen LogP contribution in [0.1, 0.15) is 12.8 Å². The number of carbonyl (C=O) groups is 1. The van der Waals surface area contributed by atoms with E-state index in [-0.39, 0.29) is 11.8 Å².